The van der Waals surface area contributed by atoms with Crippen LogP contribution in [-0.2, 0) is 0 Å². The van der Waals surface area contributed by atoms with Crippen LogP contribution in [0.25, 0.3) is 0 Å². The topological polar surface area (TPSA) is 26.0 Å². The van der Waals surface area contributed by atoms with Crippen LogP contribution in [-0.4, -0.2) is 6.04 Å². The molecule has 1 nitrogen and oxygen atoms in total. The molecule has 46 valence electrons. The monoisotopic (exact) mass is 111 g/mol. The van der Waals surface area contributed by atoms with Gasteiger partial charge in [0.25, 0.3) is 0 Å². The van der Waals surface area contributed by atoms with Gasteiger partial charge < -0.3 is 5.73 Å². The van der Waals surface area contributed by atoms with Gasteiger partial charge in [0.05, 0.1) is 0 Å². The first-order valence-electron chi connectivity index (χ1n) is 3.24. The minimum atomic E-state index is 0.309. The highest BCUT2D eigenvalue weighted by atomic mass is 14.6. The smallest absolute Gasteiger partial charge is 0.0250 e. The number of hydrogen-bond donors (Lipinski definition) is 1. The van der Waals surface area contributed by atoms with Crippen molar-refractivity contribution in [3.63, 3.8) is 0 Å². The molecule has 0 aromatic heterocycles. The van der Waals surface area contributed by atoms with Gasteiger partial charge >= 0.3 is 0 Å². The summed E-state index contributed by atoms with van der Waals surface area (Å²) in [6.07, 6.45) is 4.90. The van der Waals surface area contributed by atoms with Crippen LogP contribution in [0.15, 0.2) is 12.2 Å². The van der Waals surface area contributed by atoms with Crippen LogP contribution in [0.1, 0.15) is 25.7 Å². The van der Waals surface area contributed by atoms with Crippen molar-refractivity contribution < 1.29 is 0 Å². The summed E-state index contributed by atoms with van der Waals surface area (Å²) in [4.78, 5) is 0. The molecule has 1 aliphatic carbocycles. The highest BCUT2D eigenvalue weighted by Gasteiger charge is 2.10. The van der Waals surface area contributed by atoms with Crippen molar-refractivity contribution in [1.29, 1.82) is 0 Å². The van der Waals surface area contributed by atoms with E-state index < -0.39 is 0 Å². The van der Waals surface area contributed by atoms with Crippen molar-refractivity contribution in [1.82, 2.24) is 0 Å². The predicted octanol–water partition coefficient (Wildman–Crippen LogP) is 1.44. The number of rotatable bonds is 0. The van der Waals surface area contributed by atoms with Gasteiger partial charge in [-0.2, -0.15) is 0 Å². The second kappa shape index (κ2) is 2.31. The van der Waals surface area contributed by atoms with Crippen LogP contribution < -0.4 is 5.73 Å². The van der Waals surface area contributed by atoms with Crippen molar-refractivity contribution in [3.8, 4) is 0 Å². The molecule has 0 aromatic carbocycles. The van der Waals surface area contributed by atoms with E-state index >= 15 is 0 Å². The second-order valence-electron chi connectivity index (χ2n) is 2.51. The minimum absolute atomic E-state index is 0.309. The summed E-state index contributed by atoms with van der Waals surface area (Å²) in [6.45, 7) is 3.87. The van der Waals surface area contributed by atoms with E-state index in [0.29, 0.717) is 6.04 Å². The van der Waals surface area contributed by atoms with Crippen LogP contribution in [0.4, 0.5) is 0 Å². The lowest BCUT2D eigenvalue weighted by atomic mass is 9.92. The molecule has 0 aromatic rings. The molecule has 0 heterocycles. The fourth-order valence-corrected chi connectivity index (χ4v) is 1.11. The van der Waals surface area contributed by atoms with Crippen LogP contribution >= 0.6 is 0 Å². The molecule has 0 bridgehead atoms. The van der Waals surface area contributed by atoms with Gasteiger partial charge in [-0.05, 0) is 19.3 Å². The third-order valence-corrected chi connectivity index (χ3v) is 1.79. The summed E-state index contributed by atoms with van der Waals surface area (Å²) >= 11 is 0. The molecular formula is C7H13N. The van der Waals surface area contributed by atoms with Crippen LogP contribution in [0, 0.1) is 0 Å². The largest absolute Gasteiger partial charge is 0.324 e. The van der Waals surface area contributed by atoms with E-state index in [-0.39, 0.29) is 0 Å². The van der Waals surface area contributed by atoms with E-state index in [1.54, 1.807) is 0 Å². The molecule has 0 aliphatic heterocycles. The normalized spacial score (nSPS) is 30.6. The first-order valence-corrected chi connectivity index (χ1v) is 3.24. The van der Waals surface area contributed by atoms with Gasteiger partial charge in [-0.1, -0.05) is 18.6 Å². The standard InChI is InChI=1S/C7H13N/c1-6-4-2-3-5-7(6)8/h7H,1-5,8H2/t7-/m0/s1. The third-order valence-electron chi connectivity index (χ3n) is 1.79. The van der Waals surface area contributed by atoms with Crippen molar-refractivity contribution in [2.75, 3.05) is 0 Å². The molecule has 0 saturated heterocycles. The maximum absolute atomic E-state index is 5.68. The Kier molecular flexibility index (Phi) is 1.69. The summed E-state index contributed by atoms with van der Waals surface area (Å²) < 4.78 is 0. The minimum Gasteiger partial charge on any atom is -0.324 e. The van der Waals surface area contributed by atoms with E-state index in [4.69, 9.17) is 5.73 Å². The Morgan fingerprint density at radius 3 is 2.62 bits per heavy atom. The van der Waals surface area contributed by atoms with E-state index in [0.717, 1.165) is 12.8 Å². The Morgan fingerprint density at radius 2 is 2.25 bits per heavy atom. The maximum atomic E-state index is 5.68. The molecule has 1 heteroatoms. The Hall–Kier alpha value is -0.300. The summed E-state index contributed by atoms with van der Waals surface area (Å²) in [5.41, 5.74) is 6.93. The first kappa shape index (κ1) is 5.83. The van der Waals surface area contributed by atoms with E-state index in [2.05, 4.69) is 6.58 Å². The lowest BCUT2D eigenvalue weighted by Crippen LogP contribution is -2.24. The van der Waals surface area contributed by atoms with Gasteiger partial charge in [0.2, 0.25) is 0 Å². The Bertz CT molecular complexity index is 96.6. The van der Waals surface area contributed by atoms with Crippen LogP contribution in [0.5, 0.6) is 0 Å². The van der Waals surface area contributed by atoms with Crippen molar-refractivity contribution >= 4 is 0 Å². The van der Waals surface area contributed by atoms with Crippen LogP contribution in [0.3, 0.4) is 0 Å². The summed E-state index contributed by atoms with van der Waals surface area (Å²) in [5.74, 6) is 0. The first-order chi connectivity index (χ1) is 3.80. The Labute approximate surface area is 50.6 Å². The van der Waals surface area contributed by atoms with Crippen molar-refractivity contribution in [2.24, 2.45) is 5.73 Å². The quantitative estimate of drug-likeness (QED) is 0.470. The van der Waals surface area contributed by atoms with Gasteiger partial charge in [0.1, 0.15) is 0 Å². The molecule has 1 aliphatic rings. The van der Waals surface area contributed by atoms with Crippen molar-refractivity contribution in [3.05, 3.63) is 12.2 Å². The number of hydrogen-bond acceptors (Lipinski definition) is 1. The molecule has 0 unspecified atom stereocenters. The zero-order valence-electron chi connectivity index (χ0n) is 5.19. The summed E-state index contributed by atoms with van der Waals surface area (Å²) in [5, 5.41) is 0. The Morgan fingerprint density at radius 1 is 1.50 bits per heavy atom. The summed E-state index contributed by atoms with van der Waals surface area (Å²) in [7, 11) is 0. The molecule has 1 atom stereocenters. The van der Waals surface area contributed by atoms with Gasteiger partial charge in [-0.15, -0.1) is 0 Å². The second-order valence-corrected chi connectivity index (χ2v) is 2.51. The van der Waals surface area contributed by atoms with Gasteiger partial charge in [0, 0.05) is 6.04 Å². The maximum Gasteiger partial charge on any atom is 0.0250 e. The van der Waals surface area contributed by atoms with Gasteiger partial charge in [-0.3, -0.25) is 0 Å². The zero-order chi connectivity index (χ0) is 5.98. The fraction of sp³-hybridized carbons (Fsp3) is 0.714. The lowest BCUT2D eigenvalue weighted by Gasteiger charge is -2.19. The lowest BCUT2D eigenvalue weighted by molar-refractivity contribution is 0.538. The third kappa shape index (κ3) is 1.10. The molecule has 1 rings (SSSR count). The molecular weight excluding hydrogens is 98.1 g/mol. The van der Waals surface area contributed by atoms with E-state index in [1.807, 2.05) is 0 Å². The van der Waals surface area contributed by atoms with Gasteiger partial charge in [0.15, 0.2) is 0 Å². The zero-order valence-corrected chi connectivity index (χ0v) is 5.19. The van der Waals surface area contributed by atoms with Gasteiger partial charge in [-0.25, -0.2) is 0 Å². The molecule has 1 saturated carbocycles. The SMILES string of the molecule is C=C1CCCC[C@@H]1N. The molecule has 0 radical (unpaired) electrons. The molecule has 2 N–H and O–H groups in total. The fourth-order valence-electron chi connectivity index (χ4n) is 1.11. The predicted molar refractivity (Wildman–Crippen MR) is 35.6 cm³/mol. The highest BCUT2D eigenvalue weighted by Crippen LogP contribution is 2.19. The van der Waals surface area contributed by atoms with E-state index in [1.165, 1.54) is 18.4 Å². The average molecular weight is 111 g/mol. The molecule has 0 spiro atoms. The average Bonchev–Trinajstić information content (AvgIpc) is 1.77. The molecule has 1 fully saturated rings. The van der Waals surface area contributed by atoms with E-state index in [9.17, 15) is 0 Å². The highest BCUT2D eigenvalue weighted by molar-refractivity contribution is 5.06. The molecule has 0 amide bonds. The summed E-state index contributed by atoms with van der Waals surface area (Å²) in [6, 6.07) is 0.309. The Balaban J connectivity index is 2.39. The van der Waals surface area contributed by atoms with Crippen molar-refractivity contribution in [2.45, 2.75) is 31.7 Å². The molecule has 8 heavy (non-hydrogen) atoms. The number of nitrogens with two attached hydrogens (primary N) is 1. The van der Waals surface area contributed by atoms with Crippen LogP contribution in [0.2, 0.25) is 0 Å².